The Morgan fingerprint density at radius 3 is 2.43 bits per heavy atom. The van der Waals surface area contributed by atoms with Crippen LogP contribution in [-0.2, 0) is 7.05 Å². The molecule has 3 rings (SSSR count). The molecule has 0 aliphatic heterocycles. The fourth-order valence-corrected chi connectivity index (χ4v) is 2.91. The van der Waals surface area contributed by atoms with Crippen molar-refractivity contribution in [3.8, 4) is 11.3 Å². The van der Waals surface area contributed by atoms with E-state index < -0.39 is 0 Å². The van der Waals surface area contributed by atoms with Gasteiger partial charge in [-0.05, 0) is 41.5 Å². The van der Waals surface area contributed by atoms with Gasteiger partial charge in [-0.3, -0.25) is 0 Å². The van der Waals surface area contributed by atoms with Gasteiger partial charge >= 0.3 is 0 Å². The molecule has 0 atom stereocenters. The van der Waals surface area contributed by atoms with E-state index in [0.717, 1.165) is 0 Å². The monoisotopic (exact) mass is 276 g/mol. The molecule has 21 heavy (non-hydrogen) atoms. The molecular formula is C20H22N+. The largest absolute Gasteiger partial charge is 0.220 e. The smallest absolute Gasteiger partial charge is 0.200 e. The van der Waals surface area contributed by atoms with Gasteiger partial charge in [-0.1, -0.05) is 44.2 Å². The molecule has 2 aromatic carbocycles. The highest BCUT2D eigenvalue weighted by Crippen LogP contribution is 2.29. The van der Waals surface area contributed by atoms with Crippen LogP contribution in [0.5, 0.6) is 0 Å². The van der Waals surface area contributed by atoms with Crippen LogP contribution in [0.3, 0.4) is 0 Å². The molecule has 106 valence electrons. The standard InChI is InChI=1S/C20H22N/c1-14(2)17-10-9-16-11-12-21(4)20(19(16)13-17)18-8-6-5-7-15(18)3/h5-14H,1-4H3/q+1. The van der Waals surface area contributed by atoms with Crippen LogP contribution >= 0.6 is 0 Å². The number of nitrogens with zero attached hydrogens (tertiary/aromatic N) is 1. The number of pyridine rings is 1. The van der Waals surface area contributed by atoms with E-state index in [2.05, 4.69) is 87.1 Å². The second-order valence-corrected chi connectivity index (χ2v) is 6.09. The average Bonchev–Trinajstić information content (AvgIpc) is 2.48. The number of aryl methyl sites for hydroxylation is 2. The molecule has 0 unspecified atom stereocenters. The third-order valence-corrected chi connectivity index (χ3v) is 4.23. The molecule has 0 saturated heterocycles. The third-order valence-electron chi connectivity index (χ3n) is 4.23. The van der Waals surface area contributed by atoms with Crippen molar-refractivity contribution in [2.45, 2.75) is 26.7 Å². The maximum absolute atomic E-state index is 2.35. The van der Waals surface area contributed by atoms with Gasteiger partial charge in [0, 0.05) is 11.6 Å². The van der Waals surface area contributed by atoms with Gasteiger partial charge in [0.05, 0.1) is 5.39 Å². The molecule has 1 aromatic heterocycles. The molecule has 0 amide bonds. The average molecular weight is 276 g/mol. The molecule has 0 saturated carbocycles. The second-order valence-electron chi connectivity index (χ2n) is 6.09. The van der Waals surface area contributed by atoms with Crippen molar-refractivity contribution in [2.24, 2.45) is 7.05 Å². The van der Waals surface area contributed by atoms with E-state index in [4.69, 9.17) is 0 Å². The lowest BCUT2D eigenvalue weighted by molar-refractivity contribution is -0.659. The van der Waals surface area contributed by atoms with Crippen molar-refractivity contribution in [1.29, 1.82) is 0 Å². The fourth-order valence-electron chi connectivity index (χ4n) is 2.91. The summed E-state index contributed by atoms with van der Waals surface area (Å²) in [6, 6.07) is 17.6. The van der Waals surface area contributed by atoms with E-state index in [0.29, 0.717) is 5.92 Å². The first-order valence-electron chi connectivity index (χ1n) is 7.56. The van der Waals surface area contributed by atoms with Gasteiger partial charge in [-0.15, -0.1) is 0 Å². The Morgan fingerprint density at radius 1 is 0.952 bits per heavy atom. The summed E-state index contributed by atoms with van der Waals surface area (Å²) in [6.07, 6.45) is 2.15. The van der Waals surface area contributed by atoms with E-state index in [1.807, 2.05) is 0 Å². The summed E-state index contributed by atoms with van der Waals surface area (Å²) in [5.41, 5.74) is 5.32. The molecule has 0 spiro atoms. The van der Waals surface area contributed by atoms with Crippen LogP contribution in [0.2, 0.25) is 0 Å². The minimum absolute atomic E-state index is 0.546. The van der Waals surface area contributed by atoms with Crippen LogP contribution in [0.1, 0.15) is 30.9 Å². The summed E-state index contributed by atoms with van der Waals surface area (Å²) < 4.78 is 2.23. The van der Waals surface area contributed by atoms with Gasteiger partial charge in [0.15, 0.2) is 6.20 Å². The van der Waals surface area contributed by atoms with Crippen LogP contribution in [-0.4, -0.2) is 0 Å². The van der Waals surface area contributed by atoms with Crippen molar-refractivity contribution < 1.29 is 4.57 Å². The molecule has 1 heteroatoms. The van der Waals surface area contributed by atoms with Gasteiger partial charge in [0.25, 0.3) is 0 Å². The molecule has 0 fully saturated rings. The molecule has 0 aliphatic carbocycles. The predicted octanol–water partition coefficient (Wildman–Crippen LogP) is 4.76. The SMILES string of the molecule is Cc1ccccc1-c1c2cc(C(C)C)ccc2cc[n+]1C. The van der Waals surface area contributed by atoms with Gasteiger partial charge in [0.2, 0.25) is 5.69 Å². The summed E-state index contributed by atoms with van der Waals surface area (Å²) in [5.74, 6) is 0.546. The van der Waals surface area contributed by atoms with Crippen LogP contribution in [0.4, 0.5) is 0 Å². The van der Waals surface area contributed by atoms with E-state index in [9.17, 15) is 0 Å². The topological polar surface area (TPSA) is 3.88 Å². The lowest BCUT2D eigenvalue weighted by atomic mass is 9.95. The Labute approximate surface area is 126 Å². The van der Waals surface area contributed by atoms with E-state index in [-0.39, 0.29) is 0 Å². The van der Waals surface area contributed by atoms with Crippen LogP contribution in [0, 0.1) is 6.92 Å². The number of hydrogen-bond donors (Lipinski definition) is 0. The predicted molar refractivity (Wildman–Crippen MR) is 89.4 cm³/mol. The highest BCUT2D eigenvalue weighted by Gasteiger charge is 2.17. The van der Waals surface area contributed by atoms with Crippen molar-refractivity contribution >= 4 is 10.8 Å². The molecule has 0 aliphatic rings. The number of aromatic nitrogens is 1. The number of hydrogen-bond acceptors (Lipinski definition) is 0. The Morgan fingerprint density at radius 2 is 1.71 bits per heavy atom. The minimum atomic E-state index is 0.546. The van der Waals surface area contributed by atoms with Crippen molar-refractivity contribution in [3.05, 3.63) is 65.9 Å². The van der Waals surface area contributed by atoms with Gasteiger partial charge in [0.1, 0.15) is 7.05 Å². The fraction of sp³-hybridized carbons (Fsp3) is 0.250. The maximum Gasteiger partial charge on any atom is 0.220 e. The first kappa shape index (κ1) is 13.8. The van der Waals surface area contributed by atoms with Crippen LogP contribution in [0.25, 0.3) is 22.0 Å². The summed E-state index contributed by atoms with van der Waals surface area (Å²) in [6.45, 7) is 6.68. The molecule has 0 N–H and O–H groups in total. The van der Waals surface area contributed by atoms with Gasteiger partial charge in [-0.25, -0.2) is 4.57 Å². The number of rotatable bonds is 2. The molecule has 3 aromatic rings. The minimum Gasteiger partial charge on any atom is -0.200 e. The Hall–Kier alpha value is -2.15. The summed E-state index contributed by atoms with van der Waals surface area (Å²) in [5, 5.41) is 2.64. The second kappa shape index (κ2) is 5.33. The van der Waals surface area contributed by atoms with Crippen molar-refractivity contribution in [2.75, 3.05) is 0 Å². The highest BCUT2D eigenvalue weighted by atomic mass is 14.9. The third kappa shape index (κ3) is 2.44. The lowest BCUT2D eigenvalue weighted by Crippen LogP contribution is -2.30. The Bertz CT molecular complexity index is 800. The summed E-state index contributed by atoms with van der Waals surface area (Å²) in [4.78, 5) is 0. The number of benzene rings is 2. The molecule has 0 radical (unpaired) electrons. The van der Waals surface area contributed by atoms with Gasteiger partial charge in [-0.2, -0.15) is 0 Å². The summed E-state index contributed by atoms with van der Waals surface area (Å²) >= 11 is 0. The number of fused-ring (bicyclic) bond motifs is 1. The zero-order chi connectivity index (χ0) is 15.0. The normalized spacial score (nSPS) is 11.3. The van der Waals surface area contributed by atoms with E-state index in [1.54, 1.807) is 0 Å². The first-order chi connectivity index (χ1) is 10.1. The quantitative estimate of drug-likeness (QED) is 0.594. The maximum atomic E-state index is 2.35. The van der Waals surface area contributed by atoms with Crippen molar-refractivity contribution in [3.63, 3.8) is 0 Å². The van der Waals surface area contributed by atoms with E-state index >= 15 is 0 Å². The molecule has 1 heterocycles. The highest BCUT2D eigenvalue weighted by molar-refractivity contribution is 5.94. The lowest BCUT2D eigenvalue weighted by Gasteiger charge is -2.10. The first-order valence-corrected chi connectivity index (χ1v) is 7.56. The zero-order valence-electron chi connectivity index (χ0n) is 13.2. The van der Waals surface area contributed by atoms with Gasteiger partial charge < -0.3 is 0 Å². The summed E-state index contributed by atoms with van der Waals surface area (Å²) in [7, 11) is 2.13. The van der Waals surface area contributed by atoms with E-state index in [1.165, 1.54) is 33.2 Å². The van der Waals surface area contributed by atoms with Crippen molar-refractivity contribution in [1.82, 2.24) is 0 Å². The molecular weight excluding hydrogens is 254 g/mol. The Kier molecular flexibility index (Phi) is 3.50. The Balaban J connectivity index is 2.37. The molecule has 0 bridgehead atoms. The van der Waals surface area contributed by atoms with Crippen LogP contribution in [0.15, 0.2) is 54.7 Å². The van der Waals surface area contributed by atoms with Crippen LogP contribution < -0.4 is 4.57 Å². The zero-order valence-corrected chi connectivity index (χ0v) is 13.2. The molecule has 1 nitrogen and oxygen atoms in total.